The van der Waals surface area contributed by atoms with Crippen molar-refractivity contribution < 1.29 is 4.79 Å². The van der Waals surface area contributed by atoms with Gasteiger partial charge in [0.05, 0.1) is 17.3 Å². The fourth-order valence-electron chi connectivity index (χ4n) is 1.47. The van der Waals surface area contributed by atoms with Crippen LogP contribution in [0.2, 0.25) is 0 Å². The fourth-order valence-corrected chi connectivity index (χ4v) is 1.47. The molecule has 0 saturated heterocycles. The third-order valence-electron chi connectivity index (χ3n) is 2.22. The molecule has 5 nitrogen and oxygen atoms in total. The third-order valence-corrected chi connectivity index (χ3v) is 2.22. The molecule has 0 bridgehead atoms. The van der Waals surface area contributed by atoms with Crippen molar-refractivity contribution in [3.63, 3.8) is 0 Å². The minimum atomic E-state index is -0.471. The Hall–Kier alpha value is -1.91. The molecule has 0 unspecified atom stereocenters. The smallest absolute Gasteiger partial charge is 0.250 e. The maximum atomic E-state index is 11.0. The van der Waals surface area contributed by atoms with Crippen LogP contribution in [0.4, 0.5) is 0 Å². The average Bonchev–Trinajstić information content (AvgIpc) is 2.59. The van der Waals surface area contributed by atoms with Gasteiger partial charge >= 0.3 is 0 Å². The van der Waals surface area contributed by atoms with E-state index in [1.165, 1.54) is 6.20 Å². The maximum Gasteiger partial charge on any atom is 0.250 e. The first-order chi connectivity index (χ1) is 7.09. The Morgan fingerprint density at radius 2 is 2.20 bits per heavy atom. The minimum Gasteiger partial charge on any atom is -0.366 e. The zero-order valence-electron chi connectivity index (χ0n) is 8.64. The predicted molar refractivity (Wildman–Crippen MR) is 56.4 cm³/mol. The number of nitrogens with two attached hydrogens (primary N) is 1. The van der Waals surface area contributed by atoms with Crippen molar-refractivity contribution in [2.45, 2.75) is 19.9 Å². The topological polar surface area (TPSA) is 73.8 Å². The summed E-state index contributed by atoms with van der Waals surface area (Å²) in [5.41, 5.74) is 7.20. The van der Waals surface area contributed by atoms with Gasteiger partial charge in [0, 0.05) is 12.2 Å². The molecule has 5 heteroatoms. The van der Waals surface area contributed by atoms with Crippen LogP contribution >= 0.6 is 0 Å². The van der Waals surface area contributed by atoms with E-state index in [4.69, 9.17) is 5.73 Å². The van der Waals surface area contributed by atoms with E-state index in [0.717, 1.165) is 11.0 Å². The summed E-state index contributed by atoms with van der Waals surface area (Å²) in [6.45, 7) is 4.03. The summed E-state index contributed by atoms with van der Waals surface area (Å²) >= 11 is 0. The molecule has 0 aliphatic heterocycles. The van der Waals surface area contributed by atoms with E-state index in [-0.39, 0.29) is 6.04 Å². The summed E-state index contributed by atoms with van der Waals surface area (Å²) in [6.07, 6.45) is 3.15. The second kappa shape index (κ2) is 3.34. The monoisotopic (exact) mass is 204 g/mol. The zero-order chi connectivity index (χ0) is 11.0. The second-order valence-corrected chi connectivity index (χ2v) is 3.68. The van der Waals surface area contributed by atoms with Crippen LogP contribution < -0.4 is 5.73 Å². The molecule has 0 aliphatic rings. The maximum absolute atomic E-state index is 11.0. The van der Waals surface area contributed by atoms with Gasteiger partial charge in [0.2, 0.25) is 5.91 Å². The van der Waals surface area contributed by atoms with Gasteiger partial charge in [-0.25, -0.2) is 0 Å². The van der Waals surface area contributed by atoms with Gasteiger partial charge in [-0.1, -0.05) is 0 Å². The molecular weight excluding hydrogens is 192 g/mol. The Morgan fingerprint density at radius 3 is 2.80 bits per heavy atom. The molecule has 0 saturated carbocycles. The Kier molecular flexibility index (Phi) is 2.15. The number of carbonyl (C=O) groups is 1. The zero-order valence-corrected chi connectivity index (χ0v) is 8.64. The molecule has 2 aromatic heterocycles. The molecule has 15 heavy (non-hydrogen) atoms. The molecular formula is C10H12N4O. The lowest BCUT2D eigenvalue weighted by Crippen LogP contribution is -2.11. The van der Waals surface area contributed by atoms with Crippen LogP contribution in [0.1, 0.15) is 30.2 Å². The van der Waals surface area contributed by atoms with Gasteiger partial charge in [0.15, 0.2) is 0 Å². The third kappa shape index (κ3) is 1.56. The Morgan fingerprint density at radius 1 is 1.47 bits per heavy atom. The first kappa shape index (κ1) is 9.64. The van der Waals surface area contributed by atoms with Crippen LogP contribution in [-0.2, 0) is 0 Å². The number of hydrogen-bond acceptors (Lipinski definition) is 3. The molecule has 0 aliphatic carbocycles. The second-order valence-electron chi connectivity index (χ2n) is 3.68. The number of primary amides is 1. The first-order valence-electron chi connectivity index (χ1n) is 4.72. The fraction of sp³-hybridized carbons (Fsp3) is 0.300. The lowest BCUT2D eigenvalue weighted by atomic mass is 10.2. The summed E-state index contributed by atoms with van der Waals surface area (Å²) in [5, 5.41) is 4.20. The SMILES string of the molecule is CC(C)n1ncc2ncc(C(N)=O)cc21. The van der Waals surface area contributed by atoms with Crippen LogP contribution in [0, 0.1) is 0 Å². The van der Waals surface area contributed by atoms with E-state index < -0.39 is 5.91 Å². The predicted octanol–water partition coefficient (Wildman–Crippen LogP) is 1.11. The Bertz CT molecular complexity index is 515. The summed E-state index contributed by atoms with van der Waals surface area (Å²) in [6, 6.07) is 1.95. The molecule has 0 atom stereocenters. The minimum absolute atomic E-state index is 0.229. The summed E-state index contributed by atoms with van der Waals surface area (Å²) in [5.74, 6) is -0.471. The van der Waals surface area contributed by atoms with Crippen molar-refractivity contribution in [2.75, 3.05) is 0 Å². The van der Waals surface area contributed by atoms with E-state index in [1.807, 2.05) is 18.5 Å². The lowest BCUT2D eigenvalue weighted by molar-refractivity contribution is 0.1000. The van der Waals surface area contributed by atoms with Gasteiger partial charge in [-0.2, -0.15) is 5.10 Å². The number of rotatable bonds is 2. The van der Waals surface area contributed by atoms with E-state index >= 15 is 0 Å². The van der Waals surface area contributed by atoms with E-state index in [1.54, 1.807) is 12.3 Å². The highest BCUT2D eigenvalue weighted by Crippen LogP contribution is 2.16. The largest absolute Gasteiger partial charge is 0.366 e. The molecule has 0 fully saturated rings. The van der Waals surface area contributed by atoms with Gasteiger partial charge in [0.25, 0.3) is 0 Å². The number of carbonyl (C=O) groups excluding carboxylic acids is 1. The van der Waals surface area contributed by atoms with Crippen LogP contribution in [0.25, 0.3) is 11.0 Å². The quantitative estimate of drug-likeness (QED) is 0.796. The molecule has 0 radical (unpaired) electrons. The molecule has 2 aromatic rings. The van der Waals surface area contributed by atoms with Gasteiger partial charge in [-0.15, -0.1) is 0 Å². The van der Waals surface area contributed by atoms with Crippen molar-refractivity contribution in [2.24, 2.45) is 5.73 Å². The standard InChI is InChI=1S/C10H12N4O/c1-6(2)14-9-3-7(10(11)15)4-12-8(9)5-13-14/h3-6H,1-2H3,(H2,11,15). The lowest BCUT2D eigenvalue weighted by Gasteiger charge is -2.06. The number of fused-ring (bicyclic) bond motifs is 1. The number of nitrogens with zero attached hydrogens (tertiary/aromatic N) is 3. The summed E-state index contributed by atoms with van der Waals surface area (Å²) in [4.78, 5) is 15.1. The molecule has 2 N–H and O–H groups in total. The highest BCUT2D eigenvalue weighted by Gasteiger charge is 2.09. The average molecular weight is 204 g/mol. The van der Waals surface area contributed by atoms with Crippen LogP contribution in [-0.4, -0.2) is 20.7 Å². The molecule has 78 valence electrons. The van der Waals surface area contributed by atoms with Gasteiger partial charge in [0.1, 0.15) is 5.52 Å². The Labute approximate surface area is 86.9 Å². The van der Waals surface area contributed by atoms with Gasteiger partial charge in [-0.3, -0.25) is 14.5 Å². The number of amides is 1. The van der Waals surface area contributed by atoms with Crippen LogP contribution in [0.3, 0.4) is 0 Å². The van der Waals surface area contributed by atoms with Crippen molar-refractivity contribution in [1.82, 2.24) is 14.8 Å². The van der Waals surface area contributed by atoms with Crippen molar-refractivity contribution in [1.29, 1.82) is 0 Å². The van der Waals surface area contributed by atoms with Crippen LogP contribution in [0.5, 0.6) is 0 Å². The number of hydrogen-bond donors (Lipinski definition) is 1. The van der Waals surface area contributed by atoms with Crippen LogP contribution in [0.15, 0.2) is 18.5 Å². The van der Waals surface area contributed by atoms with Crippen molar-refractivity contribution >= 4 is 16.9 Å². The summed E-state index contributed by atoms with van der Waals surface area (Å²) < 4.78 is 1.81. The number of aromatic nitrogens is 3. The molecule has 1 amide bonds. The summed E-state index contributed by atoms with van der Waals surface area (Å²) in [7, 11) is 0. The molecule has 2 rings (SSSR count). The molecule has 0 spiro atoms. The Balaban J connectivity index is 2.66. The first-order valence-corrected chi connectivity index (χ1v) is 4.72. The van der Waals surface area contributed by atoms with E-state index in [2.05, 4.69) is 10.1 Å². The van der Waals surface area contributed by atoms with Gasteiger partial charge < -0.3 is 5.73 Å². The van der Waals surface area contributed by atoms with Crippen molar-refractivity contribution in [3.05, 3.63) is 24.0 Å². The molecule has 0 aromatic carbocycles. The number of pyridine rings is 1. The van der Waals surface area contributed by atoms with Crippen molar-refractivity contribution in [3.8, 4) is 0 Å². The normalized spacial score (nSPS) is 11.1. The highest BCUT2D eigenvalue weighted by molar-refractivity contribution is 5.95. The molecule has 2 heterocycles. The van der Waals surface area contributed by atoms with E-state index in [9.17, 15) is 4.79 Å². The van der Waals surface area contributed by atoms with Gasteiger partial charge in [-0.05, 0) is 19.9 Å². The highest BCUT2D eigenvalue weighted by atomic mass is 16.1. The van der Waals surface area contributed by atoms with E-state index in [0.29, 0.717) is 5.56 Å².